The summed E-state index contributed by atoms with van der Waals surface area (Å²) in [6.45, 7) is 12.5. The van der Waals surface area contributed by atoms with Gasteiger partial charge >= 0.3 is 23.9 Å². The molecule has 2 aliphatic rings. The second-order valence-corrected chi connectivity index (χ2v) is 8.76. The summed E-state index contributed by atoms with van der Waals surface area (Å²) in [5.74, 6) is -3.44. The lowest BCUT2D eigenvalue weighted by atomic mass is 9.85. The fourth-order valence-electron chi connectivity index (χ4n) is 3.81. The second-order valence-electron chi connectivity index (χ2n) is 8.76. The first-order valence-corrected chi connectivity index (χ1v) is 10.8. The summed E-state index contributed by atoms with van der Waals surface area (Å²) in [5.41, 5.74) is -0.496. The zero-order valence-electron chi connectivity index (χ0n) is 19.9. The first-order chi connectivity index (χ1) is 15.2. The van der Waals surface area contributed by atoms with Crippen molar-refractivity contribution in [3.63, 3.8) is 0 Å². The summed E-state index contributed by atoms with van der Waals surface area (Å²) in [5, 5.41) is 10.7. The zero-order chi connectivity index (χ0) is 25.1. The zero-order valence-corrected chi connectivity index (χ0v) is 19.9. The predicted octanol–water partition coefficient (Wildman–Crippen LogP) is 2.32. The highest BCUT2D eigenvalue weighted by Crippen LogP contribution is 2.37. The summed E-state index contributed by atoms with van der Waals surface area (Å²) in [4.78, 5) is 48.1. The van der Waals surface area contributed by atoms with Gasteiger partial charge < -0.3 is 24.1 Å². The van der Waals surface area contributed by atoms with Gasteiger partial charge in [0.2, 0.25) is 0 Å². The molecule has 2 rings (SSSR count). The maximum atomic E-state index is 12.9. The van der Waals surface area contributed by atoms with E-state index in [4.69, 9.17) is 18.9 Å². The van der Waals surface area contributed by atoms with Crippen molar-refractivity contribution in [2.24, 2.45) is 5.92 Å². The lowest BCUT2D eigenvalue weighted by Crippen LogP contribution is -2.50. The SMILES string of the molecule is C=C1C(=O)O[C@H]2/C=C(\C)[C@@H](OC(C)=O)C/C=C(\C)C[C@@H](OC(=O)[C@@](C)(O)[C@H](C)OC(C)=O)[C@@H]12. The van der Waals surface area contributed by atoms with Crippen molar-refractivity contribution < 1.29 is 43.2 Å². The molecule has 1 aliphatic carbocycles. The van der Waals surface area contributed by atoms with Crippen LogP contribution in [0.5, 0.6) is 0 Å². The van der Waals surface area contributed by atoms with Crippen LogP contribution in [-0.2, 0) is 38.1 Å². The van der Waals surface area contributed by atoms with E-state index in [1.165, 1.54) is 27.7 Å². The molecule has 0 aromatic rings. The quantitative estimate of drug-likeness (QED) is 0.282. The fraction of sp³-hybridized carbons (Fsp3) is 0.583. The van der Waals surface area contributed by atoms with Crippen LogP contribution in [0.2, 0.25) is 0 Å². The van der Waals surface area contributed by atoms with Gasteiger partial charge in [0.15, 0.2) is 5.60 Å². The molecule has 0 radical (unpaired) electrons. The lowest BCUT2D eigenvalue weighted by Gasteiger charge is -2.33. The molecule has 1 N–H and O–H groups in total. The minimum absolute atomic E-state index is 0.131. The topological polar surface area (TPSA) is 125 Å². The number of hydrogen-bond donors (Lipinski definition) is 1. The maximum absolute atomic E-state index is 12.9. The van der Waals surface area contributed by atoms with Gasteiger partial charge in [-0.15, -0.1) is 0 Å². The van der Waals surface area contributed by atoms with Crippen molar-refractivity contribution in [2.75, 3.05) is 0 Å². The summed E-state index contributed by atoms with van der Waals surface area (Å²) < 4.78 is 21.5. The molecular formula is C24H32O9. The number of hydrogen-bond acceptors (Lipinski definition) is 9. The third kappa shape index (κ3) is 6.31. The average molecular weight is 465 g/mol. The van der Waals surface area contributed by atoms with Gasteiger partial charge in [-0.2, -0.15) is 0 Å². The number of rotatable bonds is 5. The van der Waals surface area contributed by atoms with Gasteiger partial charge in [0.1, 0.15) is 24.4 Å². The van der Waals surface area contributed by atoms with E-state index in [1.807, 2.05) is 13.0 Å². The maximum Gasteiger partial charge on any atom is 0.342 e. The highest BCUT2D eigenvalue weighted by atomic mass is 16.6. The first-order valence-electron chi connectivity index (χ1n) is 10.8. The summed E-state index contributed by atoms with van der Waals surface area (Å²) in [6, 6.07) is 0. The van der Waals surface area contributed by atoms with Crippen LogP contribution >= 0.6 is 0 Å². The molecule has 9 nitrogen and oxygen atoms in total. The minimum Gasteiger partial charge on any atom is -0.459 e. The summed E-state index contributed by atoms with van der Waals surface area (Å²) in [7, 11) is 0. The Morgan fingerprint density at radius 1 is 1.21 bits per heavy atom. The Kier molecular flexibility index (Phi) is 8.24. The predicted molar refractivity (Wildman–Crippen MR) is 117 cm³/mol. The molecule has 0 unspecified atom stereocenters. The Morgan fingerprint density at radius 2 is 1.85 bits per heavy atom. The average Bonchev–Trinajstić information content (AvgIpc) is 2.96. The highest BCUT2D eigenvalue weighted by Gasteiger charge is 2.48. The van der Waals surface area contributed by atoms with Crippen LogP contribution < -0.4 is 0 Å². The summed E-state index contributed by atoms with van der Waals surface area (Å²) >= 11 is 0. The standard InChI is InChI=1S/C24H32O9/c1-12-8-9-18(31-17(6)26)13(2)11-20-21(14(3)22(27)32-20)19(10-12)33-23(28)24(7,29)15(4)30-16(5)25/h8,11,15,18-21,29H,3,9-10H2,1-2,4-7H3/b12-8+,13-11+/t15-,18-,19+,20-,21+,24-/m0/s1. The van der Waals surface area contributed by atoms with E-state index in [0.717, 1.165) is 5.57 Å². The number of esters is 4. The van der Waals surface area contributed by atoms with Crippen LogP contribution in [0.1, 0.15) is 54.4 Å². The van der Waals surface area contributed by atoms with Gasteiger partial charge in [-0.3, -0.25) is 9.59 Å². The van der Waals surface area contributed by atoms with Crippen LogP contribution in [0.15, 0.2) is 35.5 Å². The molecular weight excluding hydrogens is 432 g/mol. The lowest BCUT2D eigenvalue weighted by molar-refractivity contribution is -0.188. The Labute approximate surface area is 193 Å². The molecule has 182 valence electrons. The Morgan fingerprint density at radius 3 is 2.42 bits per heavy atom. The fourth-order valence-corrected chi connectivity index (χ4v) is 3.81. The molecule has 0 aromatic heterocycles. The Balaban J connectivity index is 2.40. The van der Waals surface area contributed by atoms with Crippen LogP contribution in [0, 0.1) is 5.92 Å². The van der Waals surface area contributed by atoms with E-state index in [9.17, 15) is 24.3 Å². The van der Waals surface area contributed by atoms with Crippen molar-refractivity contribution >= 4 is 23.9 Å². The second kappa shape index (κ2) is 10.3. The van der Waals surface area contributed by atoms with E-state index < -0.39 is 59.8 Å². The van der Waals surface area contributed by atoms with Crippen LogP contribution in [-0.4, -0.2) is 59.0 Å². The number of fused-ring (bicyclic) bond motifs is 1. The molecule has 1 aliphatic heterocycles. The number of carbonyl (C=O) groups excluding carboxylic acids is 4. The van der Waals surface area contributed by atoms with Crippen LogP contribution in [0.3, 0.4) is 0 Å². The molecule has 0 bridgehead atoms. The normalized spacial score (nSPS) is 31.4. The van der Waals surface area contributed by atoms with Gasteiger partial charge in [0.05, 0.1) is 5.92 Å². The van der Waals surface area contributed by atoms with Crippen molar-refractivity contribution in [3.05, 3.63) is 35.5 Å². The van der Waals surface area contributed by atoms with Gasteiger partial charge in [-0.25, -0.2) is 9.59 Å². The van der Waals surface area contributed by atoms with Crippen molar-refractivity contribution in [1.82, 2.24) is 0 Å². The van der Waals surface area contributed by atoms with Gasteiger partial charge in [0, 0.05) is 32.3 Å². The smallest absolute Gasteiger partial charge is 0.342 e. The molecule has 0 saturated carbocycles. The van der Waals surface area contributed by atoms with Crippen molar-refractivity contribution in [2.45, 2.75) is 84.4 Å². The van der Waals surface area contributed by atoms with E-state index in [1.54, 1.807) is 13.0 Å². The van der Waals surface area contributed by atoms with Crippen molar-refractivity contribution in [1.29, 1.82) is 0 Å². The first kappa shape index (κ1) is 26.3. The van der Waals surface area contributed by atoms with Crippen LogP contribution in [0.4, 0.5) is 0 Å². The number of carbonyl (C=O) groups is 4. The number of ether oxygens (including phenoxy) is 4. The largest absolute Gasteiger partial charge is 0.459 e. The third-order valence-electron chi connectivity index (χ3n) is 5.91. The molecule has 9 heteroatoms. The van der Waals surface area contributed by atoms with E-state index in [-0.39, 0.29) is 12.0 Å². The van der Waals surface area contributed by atoms with Crippen LogP contribution in [0.25, 0.3) is 0 Å². The minimum atomic E-state index is -2.12. The Hall–Kier alpha value is -2.94. The van der Waals surface area contributed by atoms with Gasteiger partial charge in [-0.1, -0.05) is 18.2 Å². The van der Waals surface area contributed by atoms with E-state index in [2.05, 4.69) is 6.58 Å². The van der Waals surface area contributed by atoms with E-state index in [0.29, 0.717) is 12.0 Å². The molecule has 6 atom stereocenters. The third-order valence-corrected chi connectivity index (χ3v) is 5.91. The molecule has 0 aromatic carbocycles. The van der Waals surface area contributed by atoms with E-state index >= 15 is 0 Å². The Bertz CT molecular complexity index is 896. The molecule has 1 heterocycles. The molecule has 1 saturated heterocycles. The molecule has 1 fully saturated rings. The van der Waals surface area contributed by atoms with Gasteiger partial charge in [0.25, 0.3) is 0 Å². The monoisotopic (exact) mass is 464 g/mol. The summed E-state index contributed by atoms with van der Waals surface area (Å²) in [6.07, 6.45) is 0.768. The molecule has 0 spiro atoms. The highest BCUT2D eigenvalue weighted by molar-refractivity contribution is 5.91. The van der Waals surface area contributed by atoms with Crippen molar-refractivity contribution in [3.8, 4) is 0 Å². The molecule has 0 amide bonds. The molecule has 33 heavy (non-hydrogen) atoms. The van der Waals surface area contributed by atoms with Gasteiger partial charge in [-0.05, 0) is 39.3 Å². The number of aliphatic hydroxyl groups is 1.